The maximum absolute atomic E-state index is 11.8. The summed E-state index contributed by atoms with van der Waals surface area (Å²) in [4.78, 5) is 19.5. The quantitative estimate of drug-likeness (QED) is 0.798. The van der Waals surface area contributed by atoms with Crippen molar-refractivity contribution in [3.63, 3.8) is 0 Å². The van der Waals surface area contributed by atoms with Gasteiger partial charge in [0.1, 0.15) is 12.7 Å². The van der Waals surface area contributed by atoms with Gasteiger partial charge in [0.05, 0.1) is 24.2 Å². The third-order valence-corrected chi connectivity index (χ3v) is 2.64. The molecule has 2 rings (SSSR count). The standard InChI is InChI=1S/C11H15N3O3/c1-7-2-3-9(17-7)11(16)14-8-4-12-10(6-15)13-5-8/h4-5,7,9,15H,2-3,6H2,1H3,(H,14,16)/t7-,9-/m1/s1. The van der Waals surface area contributed by atoms with Gasteiger partial charge in [0.15, 0.2) is 5.82 Å². The Balaban J connectivity index is 1.93. The molecular formula is C11H15N3O3. The van der Waals surface area contributed by atoms with Crippen LogP contribution in [-0.2, 0) is 16.1 Å². The molecule has 1 aliphatic rings. The van der Waals surface area contributed by atoms with Crippen molar-refractivity contribution < 1.29 is 14.6 Å². The summed E-state index contributed by atoms with van der Waals surface area (Å²) >= 11 is 0. The van der Waals surface area contributed by atoms with E-state index in [0.29, 0.717) is 11.5 Å². The van der Waals surface area contributed by atoms with E-state index in [2.05, 4.69) is 15.3 Å². The Morgan fingerprint density at radius 2 is 2.24 bits per heavy atom. The summed E-state index contributed by atoms with van der Waals surface area (Å²) in [7, 11) is 0. The fourth-order valence-electron chi connectivity index (χ4n) is 1.72. The largest absolute Gasteiger partial charge is 0.388 e. The lowest BCUT2D eigenvalue weighted by atomic mass is 10.2. The molecule has 1 aliphatic heterocycles. The number of carbonyl (C=O) groups is 1. The highest BCUT2D eigenvalue weighted by Crippen LogP contribution is 2.20. The van der Waals surface area contributed by atoms with Gasteiger partial charge in [-0.1, -0.05) is 0 Å². The van der Waals surface area contributed by atoms with Gasteiger partial charge in [0.2, 0.25) is 0 Å². The Labute approximate surface area is 99.0 Å². The first kappa shape index (κ1) is 11.9. The molecule has 2 atom stereocenters. The van der Waals surface area contributed by atoms with E-state index in [1.807, 2.05) is 6.92 Å². The molecule has 1 saturated heterocycles. The molecule has 0 aliphatic carbocycles. The predicted octanol–water partition coefficient (Wildman–Crippen LogP) is 0.475. The molecule has 0 aromatic carbocycles. The number of aromatic nitrogens is 2. The number of hydrogen-bond acceptors (Lipinski definition) is 5. The zero-order chi connectivity index (χ0) is 12.3. The summed E-state index contributed by atoms with van der Waals surface area (Å²) in [6.07, 6.45) is 4.32. The van der Waals surface area contributed by atoms with Crippen molar-refractivity contribution in [2.75, 3.05) is 5.32 Å². The minimum absolute atomic E-state index is 0.138. The number of ether oxygens (including phenoxy) is 1. The number of aliphatic hydroxyl groups is 1. The first-order valence-electron chi connectivity index (χ1n) is 5.57. The van der Waals surface area contributed by atoms with Gasteiger partial charge in [-0.2, -0.15) is 0 Å². The summed E-state index contributed by atoms with van der Waals surface area (Å²) < 4.78 is 5.45. The first-order valence-corrected chi connectivity index (χ1v) is 5.57. The number of amides is 1. The highest BCUT2D eigenvalue weighted by Gasteiger charge is 2.28. The first-order chi connectivity index (χ1) is 8.19. The van der Waals surface area contributed by atoms with Crippen LogP contribution >= 0.6 is 0 Å². The van der Waals surface area contributed by atoms with Gasteiger partial charge in [-0.15, -0.1) is 0 Å². The Morgan fingerprint density at radius 1 is 1.53 bits per heavy atom. The van der Waals surface area contributed by atoms with Gasteiger partial charge in [-0.3, -0.25) is 4.79 Å². The summed E-state index contributed by atoms with van der Waals surface area (Å²) in [6.45, 7) is 1.74. The number of anilines is 1. The fraction of sp³-hybridized carbons (Fsp3) is 0.545. The zero-order valence-corrected chi connectivity index (χ0v) is 9.59. The smallest absolute Gasteiger partial charge is 0.253 e. The van der Waals surface area contributed by atoms with Crippen LogP contribution in [0.3, 0.4) is 0 Å². The van der Waals surface area contributed by atoms with Crippen LogP contribution < -0.4 is 5.32 Å². The van der Waals surface area contributed by atoms with Gasteiger partial charge in [0.25, 0.3) is 5.91 Å². The maximum atomic E-state index is 11.8. The average Bonchev–Trinajstić information content (AvgIpc) is 2.77. The topological polar surface area (TPSA) is 84.3 Å². The van der Waals surface area contributed by atoms with Crippen LogP contribution in [0.4, 0.5) is 5.69 Å². The Morgan fingerprint density at radius 3 is 2.76 bits per heavy atom. The second kappa shape index (κ2) is 5.20. The van der Waals surface area contributed by atoms with Gasteiger partial charge in [-0.25, -0.2) is 9.97 Å². The van der Waals surface area contributed by atoms with E-state index < -0.39 is 0 Å². The highest BCUT2D eigenvalue weighted by atomic mass is 16.5. The molecular weight excluding hydrogens is 222 g/mol. The highest BCUT2D eigenvalue weighted by molar-refractivity contribution is 5.94. The van der Waals surface area contributed by atoms with Crippen LogP contribution in [0.1, 0.15) is 25.6 Å². The van der Waals surface area contributed by atoms with Crippen LogP contribution in [0.15, 0.2) is 12.4 Å². The summed E-state index contributed by atoms with van der Waals surface area (Å²) in [6, 6.07) is 0. The average molecular weight is 237 g/mol. The number of carbonyl (C=O) groups excluding carboxylic acids is 1. The molecule has 17 heavy (non-hydrogen) atoms. The molecule has 0 bridgehead atoms. The molecule has 92 valence electrons. The van der Waals surface area contributed by atoms with Crippen LogP contribution in [0, 0.1) is 0 Å². The van der Waals surface area contributed by atoms with E-state index in [0.717, 1.165) is 12.8 Å². The maximum Gasteiger partial charge on any atom is 0.253 e. The van der Waals surface area contributed by atoms with Gasteiger partial charge in [0, 0.05) is 0 Å². The number of hydrogen-bond donors (Lipinski definition) is 2. The van der Waals surface area contributed by atoms with Crippen molar-refractivity contribution >= 4 is 11.6 Å². The minimum atomic E-state index is -0.387. The summed E-state index contributed by atoms with van der Waals surface area (Å²) in [5, 5.41) is 11.5. The van der Waals surface area contributed by atoms with Crippen molar-refractivity contribution in [1.82, 2.24) is 9.97 Å². The molecule has 1 aromatic rings. The van der Waals surface area contributed by atoms with Crippen LogP contribution in [-0.4, -0.2) is 33.2 Å². The lowest BCUT2D eigenvalue weighted by Gasteiger charge is -2.11. The van der Waals surface area contributed by atoms with Crippen molar-refractivity contribution in [1.29, 1.82) is 0 Å². The molecule has 1 amide bonds. The normalized spacial score (nSPS) is 23.6. The lowest BCUT2D eigenvalue weighted by molar-refractivity contribution is -0.126. The fourth-order valence-corrected chi connectivity index (χ4v) is 1.72. The zero-order valence-electron chi connectivity index (χ0n) is 9.59. The van der Waals surface area contributed by atoms with E-state index in [4.69, 9.17) is 9.84 Å². The molecule has 6 heteroatoms. The van der Waals surface area contributed by atoms with Crippen molar-refractivity contribution in [3.8, 4) is 0 Å². The van der Waals surface area contributed by atoms with E-state index >= 15 is 0 Å². The van der Waals surface area contributed by atoms with Crippen LogP contribution in [0.25, 0.3) is 0 Å². The van der Waals surface area contributed by atoms with Crippen LogP contribution in [0.5, 0.6) is 0 Å². The molecule has 0 saturated carbocycles. The number of nitrogens with zero attached hydrogens (tertiary/aromatic N) is 2. The second-order valence-corrected chi connectivity index (χ2v) is 4.05. The molecule has 2 heterocycles. The Hall–Kier alpha value is -1.53. The molecule has 0 unspecified atom stereocenters. The van der Waals surface area contributed by atoms with E-state index in [1.165, 1.54) is 12.4 Å². The lowest BCUT2D eigenvalue weighted by Crippen LogP contribution is -2.27. The number of nitrogens with one attached hydrogen (secondary N) is 1. The molecule has 1 aromatic heterocycles. The third kappa shape index (κ3) is 2.98. The third-order valence-electron chi connectivity index (χ3n) is 2.64. The molecule has 0 spiro atoms. The van der Waals surface area contributed by atoms with Crippen LogP contribution in [0.2, 0.25) is 0 Å². The Bertz CT molecular complexity index is 393. The van der Waals surface area contributed by atoms with Gasteiger partial charge < -0.3 is 15.2 Å². The molecule has 2 N–H and O–H groups in total. The van der Waals surface area contributed by atoms with E-state index in [9.17, 15) is 4.79 Å². The van der Waals surface area contributed by atoms with Crippen molar-refractivity contribution in [2.45, 2.75) is 38.6 Å². The van der Waals surface area contributed by atoms with Crippen molar-refractivity contribution in [3.05, 3.63) is 18.2 Å². The van der Waals surface area contributed by atoms with Crippen molar-refractivity contribution in [2.24, 2.45) is 0 Å². The molecule has 1 fully saturated rings. The summed E-state index contributed by atoms with van der Waals surface area (Å²) in [5.74, 6) is 0.156. The second-order valence-electron chi connectivity index (χ2n) is 4.05. The monoisotopic (exact) mass is 237 g/mol. The SMILES string of the molecule is C[C@@H]1CC[C@H](C(=O)Nc2cnc(CO)nc2)O1. The molecule has 0 radical (unpaired) electrons. The van der Waals surface area contributed by atoms with Gasteiger partial charge in [-0.05, 0) is 19.8 Å². The van der Waals surface area contributed by atoms with Gasteiger partial charge >= 0.3 is 0 Å². The minimum Gasteiger partial charge on any atom is -0.388 e. The number of aliphatic hydroxyl groups excluding tert-OH is 1. The predicted molar refractivity (Wildman–Crippen MR) is 60.2 cm³/mol. The molecule has 6 nitrogen and oxygen atoms in total. The number of rotatable bonds is 3. The summed E-state index contributed by atoms with van der Waals surface area (Å²) in [5.41, 5.74) is 0.510. The van der Waals surface area contributed by atoms with E-state index in [-0.39, 0.29) is 24.7 Å². The van der Waals surface area contributed by atoms with E-state index in [1.54, 1.807) is 0 Å². The Kier molecular flexibility index (Phi) is 3.65.